The fourth-order valence-corrected chi connectivity index (χ4v) is 2.74. The van der Waals surface area contributed by atoms with Gasteiger partial charge in [-0.15, -0.1) is 0 Å². The lowest BCUT2D eigenvalue weighted by atomic mass is 10.0. The topological polar surface area (TPSA) is 69.1 Å². The molecule has 4 heteroatoms. The molecule has 0 fully saturated rings. The van der Waals surface area contributed by atoms with Crippen LogP contribution in [-0.4, -0.2) is 26.0 Å². The molecule has 3 N–H and O–H groups in total. The third-order valence-electron chi connectivity index (χ3n) is 4.30. The average molecular weight is 367 g/mol. The van der Waals surface area contributed by atoms with Gasteiger partial charge >= 0.3 is 0 Å². The molecule has 0 saturated carbocycles. The predicted molar refractivity (Wildman–Crippen MR) is 111 cm³/mol. The molecule has 0 spiro atoms. The van der Waals surface area contributed by atoms with E-state index in [1.807, 2.05) is 6.08 Å². The molecule has 26 heavy (non-hydrogen) atoms. The Hall–Kier alpha value is -1.13. The number of imidazole rings is 1. The predicted octanol–water partition coefficient (Wildman–Crippen LogP) is 6.13. The van der Waals surface area contributed by atoms with E-state index < -0.39 is 5.79 Å². The van der Waals surface area contributed by atoms with Crippen molar-refractivity contribution in [2.45, 2.75) is 110 Å². The van der Waals surface area contributed by atoms with Crippen LogP contribution in [0.1, 0.15) is 104 Å². The van der Waals surface area contributed by atoms with Crippen molar-refractivity contribution in [3.63, 3.8) is 0 Å². The Morgan fingerprint density at radius 3 is 1.77 bits per heavy atom. The van der Waals surface area contributed by atoms with Gasteiger partial charge in [-0.25, -0.2) is 4.98 Å². The first-order valence-electron chi connectivity index (χ1n) is 10.6. The van der Waals surface area contributed by atoms with E-state index in [9.17, 15) is 0 Å². The zero-order valence-electron chi connectivity index (χ0n) is 17.1. The zero-order valence-corrected chi connectivity index (χ0v) is 17.1. The minimum Gasteiger partial charge on any atom is -0.366 e. The highest BCUT2D eigenvalue weighted by molar-refractivity contribution is 4.84. The van der Waals surface area contributed by atoms with Crippen LogP contribution in [0.3, 0.4) is 0 Å². The van der Waals surface area contributed by atoms with Crippen molar-refractivity contribution in [1.29, 1.82) is 0 Å². The molecule has 0 aromatic carbocycles. The molecule has 1 rings (SSSR count). The van der Waals surface area contributed by atoms with E-state index >= 15 is 0 Å². The van der Waals surface area contributed by atoms with Crippen LogP contribution in [0.4, 0.5) is 0 Å². The maximum absolute atomic E-state index is 9.13. The van der Waals surface area contributed by atoms with Crippen molar-refractivity contribution in [3.8, 4) is 0 Å². The molecule has 1 aromatic rings. The van der Waals surface area contributed by atoms with E-state index in [1.165, 1.54) is 84.0 Å². The van der Waals surface area contributed by atoms with Gasteiger partial charge in [0.15, 0.2) is 5.79 Å². The Balaban J connectivity index is 0.00000106. The van der Waals surface area contributed by atoms with Crippen LogP contribution < -0.4 is 0 Å². The number of allylic oxidation sites excluding steroid dienone is 1. The third-order valence-corrected chi connectivity index (χ3v) is 4.30. The number of unbranched alkanes of at least 4 members (excludes halogenated alkanes) is 12. The Bertz CT molecular complexity index is 366. The highest BCUT2D eigenvalue weighted by Crippen LogP contribution is 2.13. The summed E-state index contributed by atoms with van der Waals surface area (Å²) in [4.78, 5) is 6.42. The number of nitrogens with zero attached hydrogens (tertiary/aromatic N) is 1. The molecule has 1 heterocycles. The molecule has 0 radical (unpaired) electrons. The van der Waals surface area contributed by atoms with Crippen LogP contribution in [0.5, 0.6) is 0 Å². The minimum atomic E-state index is -1.55. The van der Waals surface area contributed by atoms with Crippen LogP contribution in [0, 0.1) is 0 Å². The van der Waals surface area contributed by atoms with E-state index in [0.717, 1.165) is 6.42 Å². The second-order valence-electron chi connectivity index (χ2n) is 7.33. The summed E-state index contributed by atoms with van der Waals surface area (Å²) >= 11 is 0. The summed E-state index contributed by atoms with van der Waals surface area (Å²) in [6.07, 6.45) is 26.9. The molecule has 1 aromatic heterocycles. The monoisotopic (exact) mass is 366 g/mol. The lowest BCUT2D eigenvalue weighted by molar-refractivity contribution is -0.140. The van der Waals surface area contributed by atoms with Gasteiger partial charge in [0.05, 0.1) is 6.33 Å². The van der Waals surface area contributed by atoms with Gasteiger partial charge in [0.2, 0.25) is 0 Å². The summed E-state index contributed by atoms with van der Waals surface area (Å²) in [5.41, 5.74) is 0. The van der Waals surface area contributed by atoms with E-state index in [2.05, 4.69) is 23.0 Å². The summed E-state index contributed by atoms with van der Waals surface area (Å²) in [6.45, 7) is 3.69. The van der Waals surface area contributed by atoms with Crippen LogP contribution >= 0.6 is 0 Å². The van der Waals surface area contributed by atoms with Gasteiger partial charge < -0.3 is 15.2 Å². The highest BCUT2D eigenvalue weighted by atomic mass is 16.5. The van der Waals surface area contributed by atoms with E-state index in [-0.39, 0.29) is 0 Å². The van der Waals surface area contributed by atoms with Crippen LogP contribution in [0.25, 0.3) is 0 Å². The Morgan fingerprint density at radius 2 is 1.38 bits per heavy atom. The van der Waals surface area contributed by atoms with Crippen molar-refractivity contribution in [2.75, 3.05) is 0 Å². The minimum absolute atomic E-state index is 0.325. The molecule has 0 aliphatic carbocycles. The van der Waals surface area contributed by atoms with Gasteiger partial charge in [0.1, 0.15) is 0 Å². The molecule has 152 valence electrons. The molecule has 4 nitrogen and oxygen atoms in total. The molecule has 0 aliphatic heterocycles. The molecule has 0 unspecified atom stereocenters. The molecule has 0 amide bonds. The number of nitrogens with one attached hydrogen (secondary N) is 1. The normalized spacial score (nSPS) is 11.5. The standard InChI is InChI=1S/C19H38O2.C3H4N2/c1-3-4-5-6-7-8-9-10-11-12-13-14-15-16-17-18-19(2,20)21;1-2-5-3-4-1/h16-17,20-21H,3-15,18H2,1-2H3;1-3H,(H,4,5)/b17-16+;. The van der Waals surface area contributed by atoms with Crippen molar-refractivity contribution < 1.29 is 10.2 Å². The SMILES string of the molecule is CCCCCCCCCCCCCC/C=C/CC(C)(O)O.c1c[nH]cn1. The highest BCUT2D eigenvalue weighted by Gasteiger charge is 2.10. The molecule has 0 saturated heterocycles. The van der Waals surface area contributed by atoms with Gasteiger partial charge in [-0.1, -0.05) is 89.7 Å². The first-order chi connectivity index (χ1) is 12.6. The molecular formula is C22H42N2O2. The first-order valence-corrected chi connectivity index (χ1v) is 10.6. The van der Waals surface area contributed by atoms with Crippen molar-refractivity contribution >= 4 is 0 Å². The Labute approximate surface area is 161 Å². The Kier molecular flexibility index (Phi) is 17.8. The molecule has 0 atom stereocenters. The molecular weight excluding hydrogens is 324 g/mol. The van der Waals surface area contributed by atoms with E-state index in [4.69, 9.17) is 10.2 Å². The average Bonchev–Trinajstić information content (AvgIpc) is 3.17. The number of aliphatic hydroxyl groups is 2. The number of rotatable bonds is 15. The summed E-state index contributed by atoms with van der Waals surface area (Å²) in [6, 6.07) is 0. The fourth-order valence-electron chi connectivity index (χ4n) is 2.74. The smallest absolute Gasteiger partial charge is 0.163 e. The van der Waals surface area contributed by atoms with Crippen LogP contribution in [0.2, 0.25) is 0 Å². The van der Waals surface area contributed by atoms with Gasteiger partial charge in [-0.05, 0) is 19.8 Å². The largest absolute Gasteiger partial charge is 0.366 e. The van der Waals surface area contributed by atoms with Crippen molar-refractivity contribution in [2.24, 2.45) is 0 Å². The number of hydrogen-bond donors (Lipinski definition) is 3. The first kappa shape index (κ1) is 24.9. The summed E-state index contributed by atoms with van der Waals surface area (Å²) in [5.74, 6) is -1.55. The number of aromatic amines is 1. The fraction of sp³-hybridized carbons (Fsp3) is 0.773. The van der Waals surface area contributed by atoms with Gasteiger partial charge in [0.25, 0.3) is 0 Å². The van der Waals surface area contributed by atoms with Crippen molar-refractivity contribution in [1.82, 2.24) is 9.97 Å². The second-order valence-corrected chi connectivity index (χ2v) is 7.33. The molecule has 0 bridgehead atoms. The molecule has 0 aliphatic rings. The van der Waals surface area contributed by atoms with Crippen LogP contribution in [0.15, 0.2) is 30.9 Å². The van der Waals surface area contributed by atoms with Crippen LogP contribution in [-0.2, 0) is 0 Å². The van der Waals surface area contributed by atoms with E-state index in [1.54, 1.807) is 18.7 Å². The number of hydrogen-bond acceptors (Lipinski definition) is 3. The zero-order chi connectivity index (χ0) is 19.3. The number of aromatic nitrogens is 2. The lowest BCUT2D eigenvalue weighted by Gasteiger charge is -2.11. The second kappa shape index (κ2) is 18.7. The summed E-state index contributed by atoms with van der Waals surface area (Å²) < 4.78 is 0. The van der Waals surface area contributed by atoms with Gasteiger partial charge in [-0.3, -0.25) is 0 Å². The number of H-pyrrole nitrogens is 1. The lowest BCUT2D eigenvalue weighted by Crippen LogP contribution is -2.21. The summed E-state index contributed by atoms with van der Waals surface area (Å²) in [5, 5.41) is 18.3. The quantitative estimate of drug-likeness (QED) is 0.198. The maximum Gasteiger partial charge on any atom is 0.163 e. The van der Waals surface area contributed by atoms with Crippen molar-refractivity contribution in [3.05, 3.63) is 30.9 Å². The summed E-state index contributed by atoms with van der Waals surface area (Å²) in [7, 11) is 0. The Morgan fingerprint density at radius 1 is 0.846 bits per heavy atom. The third kappa shape index (κ3) is 22.9. The van der Waals surface area contributed by atoms with Gasteiger partial charge in [-0.2, -0.15) is 0 Å². The van der Waals surface area contributed by atoms with Gasteiger partial charge in [0, 0.05) is 18.8 Å². The maximum atomic E-state index is 9.13. The van der Waals surface area contributed by atoms with E-state index in [0.29, 0.717) is 6.42 Å².